The third-order valence-corrected chi connectivity index (χ3v) is 3.80. The Morgan fingerprint density at radius 3 is 2.78 bits per heavy atom. The second-order valence-corrected chi connectivity index (χ2v) is 6.40. The molecule has 0 aliphatic rings. The van der Waals surface area contributed by atoms with Crippen LogP contribution >= 0.6 is 11.3 Å². The monoisotopic (exact) mass is 264 g/mol. The Morgan fingerprint density at radius 1 is 1.39 bits per heavy atom. The second kappa shape index (κ2) is 5.34. The molecule has 0 aliphatic heterocycles. The van der Waals surface area contributed by atoms with E-state index >= 15 is 0 Å². The van der Waals surface area contributed by atoms with Crippen LogP contribution < -0.4 is 5.32 Å². The van der Waals surface area contributed by atoms with E-state index in [1.54, 1.807) is 11.3 Å². The third kappa shape index (κ3) is 3.51. The fourth-order valence-corrected chi connectivity index (χ4v) is 2.95. The molecule has 1 aromatic carbocycles. The van der Waals surface area contributed by atoms with Crippen LogP contribution in [0.5, 0.6) is 0 Å². The standard InChI is InChI=1S/C14H20N2OS/c1-10(2)15-9-14(3,17)8-13-16-11-6-4-5-7-12(11)18-13/h4-7,10,15,17H,8-9H2,1-3H3. The highest BCUT2D eigenvalue weighted by atomic mass is 32.1. The molecule has 0 saturated heterocycles. The molecule has 4 heteroatoms. The molecule has 2 aromatic rings. The number of thiazole rings is 1. The number of hydrogen-bond donors (Lipinski definition) is 2. The first-order valence-electron chi connectivity index (χ1n) is 6.26. The lowest BCUT2D eigenvalue weighted by molar-refractivity contribution is 0.0581. The van der Waals surface area contributed by atoms with Gasteiger partial charge in [-0.15, -0.1) is 11.3 Å². The van der Waals surface area contributed by atoms with E-state index in [2.05, 4.69) is 30.2 Å². The number of benzene rings is 1. The third-order valence-electron chi connectivity index (χ3n) is 2.76. The van der Waals surface area contributed by atoms with Gasteiger partial charge in [0, 0.05) is 19.0 Å². The number of fused-ring (bicyclic) bond motifs is 1. The van der Waals surface area contributed by atoms with Gasteiger partial charge in [-0.25, -0.2) is 4.98 Å². The molecule has 2 rings (SSSR count). The largest absolute Gasteiger partial charge is 0.388 e. The second-order valence-electron chi connectivity index (χ2n) is 5.28. The molecule has 0 radical (unpaired) electrons. The Hall–Kier alpha value is -0.970. The first kappa shape index (κ1) is 13.5. The summed E-state index contributed by atoms with van der Waals surface area (Å²) in [6.45, 7) is 6.59. The van der Waals surface area contributed by atoms with Crippen LogP contribution in [0.4, 0.5) is 0 Å². The molecule has 0 aliphatic carbocycles. The lowest BCUT2D eigenvalue weighted by atomic mass is 10.0. The number of nitrogens with one attached hydrogen (secondary N) is 1. The van der Waals surface area contributed by atoms with E-state index in [1.807, 2.05) is 25.1 Å². The SMILES string of the molecule is CC(C)NCC(C)(O)Cc1nc2ccccc2s1. The predicted molar refractivity (Wildman–Crippen MR) is 77.1 cm³/mol. The zero-order valence-corrected chi connectivity index (χ0v) is 11.9. The fraction of sp³-hybridized carbons (Fsp3) is 0.500. The minimum absolute atomic E-state index is 0.381. The number of aromatic nitrogens is 1. The predicted octanol–water partition coefficient (Wildman–Crippen LogP) is 2.59. The lowest BCUT2D eigenvalue weighted by Gasteiger charge is -2.23. The topological polar surface area (TPSA) is 45.1 Å². The Bertz CT molecular complexity index is 486. The summed E-state index contributed by atoms with van der Waals surface area (Å²) in [5.74, 6) is 0. The first-order chi connectivity index (χ1) is 8.46. The van der Waals surface area contributed by atoms with Crippen molar-refractivity contribution in [2.24, 2.45) is 0 Å². The van der Waals surface area contributed by atoms with Crippen molar-refractivity contribution < 1.29 is 5.11 Å². The van der Waals surface area contributed by atoms with Crippen molar-refractivity contribution in [2.75, 3.05) is 6.54 Å². The molecule has 1 aromatic heterocycles. The number of rotatable bonds is 5. The summed E-state index contributed by atoms with van der Waals surface area (Å²) in [4.78, 5) is 4.56. The van der Waals surface area contributed by atoms with Crippen molar-refractivity contribution >= 4 is 21.6 Å². The van der Waals surface area contributed by atoms with Gasteiger partial charge < -0.3 is 10.4 Å². The summed E-state index contributed by atoms with van der Waals surface area (Å²) in [5.41, 5.74) is 0.267. The van der Waals surface area contributed by atoms with E-state index in [0.29, 0.717) is 19.0 Å². The van der Waals surface area contributed by atoms with Gasteiger partial charge in [-0.3, -0.25) is 0 Å². The summed E-state index contributed by atoms with van der Waals surface area (Å²) in [6.07, 6.45) is 0.589. The zero-order chi connectivity index (χ0) is 13.2. The van der Waals surface area contributed by atoms with Gasteiger partial charge in [0.2, 0.25) is 0 Å². The Labute approximate surface area is 112 Å². The molecule has 2 N–H and O–H groups in total. The average Bonchev–Trinajstić information content (AvgIpc) is 2.67. The number of aliphatic hydroxyl groups is 1. The molecular weight excluding hydrogens is 244 g/mol. The van der Waals surface area contributed by atoms with Crippen molar-refractivity contribution in [2.45, 2.75) is 38.8 Å². The quantitative estimate of drug-likeness (QED) is 0.872. The first-order valence-corrected chi connectivity index (χ1v) is 7.08. The molecule has 0 saturated carbocycles. The van der Waals surface area contributed by atoms with E-state index in [1.165, 1.54) is 4.70 Å². The maximum Gasteiger partial charge on any atom is 0.0967 e. The van der Waals surface area contributed by atoms with Gasteiger partial charge in [-0.2, -0.15) is 0 Å². The van der Waals surface area contributed by atoms with Crippen LogP contribution in [-0.4, -0.2) is 28.3 Å². The molecule has 0 amide bonds. The number of para-hydroxylation sites is 1. The molecule has 0 fully saturated rings. The number of hydrogen-bond acceptors (Lipinski definition) is 4. The summed E-state index contributed by atoms with van der Waals surface area (Å²) in [6, 6.07) is 8.47. The summed E-state index contributed by atoms with van der Waals surface area (Å²) < 4.78 is 1.18. The van der Waals surface area contributed by atoms with Crippen LogP contribution in [0.25, 0.3) is 10.2 Å². The zero-order valence-electron chi connectivity index (χ0n) is 11.1. The van der Waals surface area contributed by atoms with E-state index in [-0.39, 0.29) is 0 Å². The molecule has 1 unspecified atom stereocenters. The molecule has 1 atom stereocenters. The van der Waals surface area contributed by atoms with Crippen molar-refractivity contribution in [3.8, 4) is 0 Å². The van der Waals surface area contributed by atoms with Crippen LogP contribution in [0.15, 0.2) is 24.3 Å². The normalized spacial score (nSPS) is 15.2. The van der Waals surface area contributed by atoms with Crippen LogP contribution in [0.2, 0.25) is 0 Å². The van der Waals surface area contributed by atoms with Crippen LogP contribution in [0.1, 0.15) is 25.8 Å². The van der Waals surface area contributed by atoms with Crippen molar-refractivity contribution in [3.05, 3.63) is 29.3 Å². The summed E-state index contributed by atoms with van der Waals surface area (Å²) in [7, 11) is 0. The van der Waals surface area contributed by atoms with Gasteiger partial charge in [0.15, 0.2) is 0 Å². The number of nitrogens with zero attached hydrogens (tertiary/aromatic N) is 1. The highest BCUT2D eigenvalue weighted by Crippen LogP contribution is 2.24. The molecule has 98 valence electrons. The van der Waals surface area contributed by atoms with Gasteiger partial charge in [-0.1, -0.05) is 26.0 Å². The van der Waals surface area contributed by atoms with Gasteiger partial charge in [-0.05, 0) is 19.1 Å². The summed E-state index contributed by atoms with van der Waals surface area (Å²) >= 11 is 1.66. The van der Waals surface area contributed by atoms with Gasteiger partial charge in [0.1, 0.15) is 0 Å². The minimum Gasteiger partial charge on any atom is -0.388 e. The van der Waals surface area contributed by atoms with Gasteiger partial charge in [0.05, 0.1) is 20.8 Å². The van der Waals surface area contributed by atoms with Gasteiger partial charge in [0.25, 0.3) is 0 Å². The fourth-order valence-electron chi connectivity index (χ4n) is 1.81. The van der Waals surface area contributed by atoms with E-state index < -0.39 is 5.60 Å². The van der Waals surface area contributed by atoms with Crippen molar-refractivity contribution in [3.63, 3.8) is 0 Å². The molecule has 1 heterocycles. The molecule has 3 nitrogen and oxygen atoms in total. The van der Waals surface area contributed by atoms with Crippen LogP contribution in [-0.2, 0) is 6.42 Å². The van der Waals surface area contributed by atoms with Crippen molar-refractivity contribution in [1.29, 1.82) is 0 Å². The van der Waals surface area contributed by atoms with E-state index in [9.17, 15) is 5.11 Å². The highest BCUT2D eigenvalue weighted by molar-refractivity contribution is 7.18. The Kier molecular flexibility index (Phi) is 4.00. The maximum absolute atomic E-state index is 10.3. The van der Waals surface area contributed by atoms with Crippen LogP contribution in [0.3, 0.4) is 0 Å². The molecule has 0 spiro atoms. The Balaban J connectivity index is 2.07. The molecule has 18 heavy (non-hydrogen) atoms. The minimum atomic E-state index is -0.752. The van der Waals surface area contributed by atoms with Crippen LogP contribution in [0, 0.1) is 0 Å². The summed E-state index contributed by atoms with van der Waals surface area (Å²) in [5, 5.41) is 14.6. The van der Waals surface area contributed by atoms with Crippen molar-refractivity contribution in [1.82, 2.24) is 10.3 Å². The van der Waals surface area contributed by atoms with E-state index in [4.69, 9.17) is 0 Å². The smallest absolute Gasteiger partial charge is 0.0967 e. The molecule has 0 bridgehead atoms. The maximum atomic E-state index is 10.3. The Morgan fingerprint density at radius 2 is 2.11 bits per heavy atom. The highest BCUT2D eigenvalue weighted by Gasteiger charge is 2.22. The van der Waals surface area contributed by atoms with Gasteiger partial charge >= 0.3 is 0 Å². The molecular formula is C14H20N2OS. The lowest BCUT2D eigenvalue weighted by Crippen LogP contribution is -2.42. The van der Waals surface area contributed by atoms with E-state index in [0.717, 1.165) is 10.5 Å². The average molecular weight is 264 g/mol.